The molecule has 58 heavy (non-hydrogen) atoms. The number of methoxy groups -OCH3 is 1. The number of piperazine rings is 1. The smallest absolute Gasteiger partial charge is 0.407 e. The Balaban J connectivity index is 0.931. The van der Waals surface area contributed by atoms with Gasteiger partial charge in [0.2, 0.25) is 10.0 Å². The summed E-state index contributed by atoms with van der Waals surface area (Å²) in [5.74, 6) is 0.459. The summed E-state index contributed by atoms with van der Waals surface area (Å²) in [5, 5.41) is 5.68. The van der Waals surface area contributed by atoms with E-state index in [0.717, 1.165) is 47.3 Å². The van der Waals surface area contributed by atoms with E-state index in [0.29, 0.717) is 61.8 Å². The molecule has 2 aliphatic heterocycles. The molecule has 2 fully saturated rings. The van der Waals surface area contributed by atoms with Crippen molar-refractivity contribution in [1.82, 2.24) is 29.4 Å². The molecule has 3 amide bonds. The average Bonchev–Trinajstić information content (AvgIpc) is 3.95. The molecule has 7 rings (SSSR count). The standard InChI is InChI=1S/C44H49N7O6S/c1-3-28-58(55,56)50-26-24-49(25-27-50)30-31-11-21-37(22-12-31)46-42(52)36-19-15-33(16-20-36)32-13-17-34(18-14-32)38-29-45-41(47-38)39-10-7-23-51(39)43(53)40(48-44(54)57-2)35-8-5-4-6-9-35/h4-6,8-9,11-22,29,39-40H,3,7,10,23-28,30H2,1-2H3,(H,45,47)(H,46,52)(H,48,54)/t39-,40+/m0/s1. The van der Waals surface area contributed by atoms with Crippen molar-refractivity contribution < 1.29 is 27.5 Å². The molecule has 0 bridgehead atoms. The number of H-pyrrole nitrogens is 1. The lowest BCUT2D eigenvalue weighted by Crippen LogP contribution is -2.48. The zero-order chi connectivity index (χ0) is 40.6. The lowest BCUT2D eigenvalue weighted by atomic mass is 10.0. The second-order valence-corrected chi connectivity index (χ2v) is 16.7. The number of amides is 3. The van der Waals surface area contributed by atoms with Crippen molar-refractivity contribution in [1.29, 1.82) is 0 Å². The summed E-state index contributed by atoms with van der Waals surface area (Å²) in [4.78, 5) is 51.3. The van der Waals surface area contributed by atoms with Crippen molar-refractivity contribution in [3.05, 3.63) is 132 Å². The van der Waals surface area contributed by atoms with Crippen molar-refractivity contribution in [2.75, 3.05) is 50.9 Å². The van der Waals surface area contributed by atoms with Crippen molar-refractivity contribution >= 4 is 33.6 Å². The highest BCUT2D eigenvalue weighted by atomic mass is 32.2. The van der Waals surface area contributed by atoms with E-state index in [1.807, 2.05) is 110 Å². The van der Waals surface area contributed by atoms with Crippen LogP contribution in [0.1, 0.15) is 65.6 Å². The summed E-state index contributed by atoms with van der Waals surface area (Å²) in [7, 11) is -1.89. The van der Waals surface area contributed by atoms with Gasteiger partial charge in [0.15, 0.2) is 0 Å². The van der Waals surface area contributed by atoms with Gasteiger partial charge < -0.3 is 25.3 Å². The lowest BCUT2D eigenvalue weighted by Gasteiger charge is -2.34. The molecule has 302 valence electrons. The number of aromatic amines is 1. The Morgan fingerprint density at radius 3 is 2.16 bits per heavy atom. The Hall–Kier alpha value is -5.83. The van der Waals surface area contributed by atoms with Crippen LogP contribution in [0.3, 0.4) is 0 Å². The first kappa shape index (κ1) is 40.4. The van der Waals surface area contributed by atoms with E-state index >= 15 is 0 Å². The number of nitrogens with one attached hydrogen (secondary N) is 3. The van der Waals surface area contributed by atoms with Gasteiger partial charge in [0.25, 0.3) is 11.8 Å². The number of likely N-dealkylation sites (tertiary alicyclic amines) is 1. The number of alkyl carbamates (subject to hydrolysis) is 1. The van der Waals surface area contributed by atoms with Crippen LogP contribution in [0.4, 0.5) is 10.5 Å². The predicted octanol–water partition coefficient (Wildman–Crippen LogP) is 6.61. The topological polar surface area (TPSA) is 157 Å². The van der Waals surface area contributed by atoms with Crippen molar-refractivity contribution in [3.63, 3.8) is 0 Å². The highest BCUT2D eigenvalue weighted by Gasteiger charge is 2.37. The molecule has 0 radical (unpaired) electrons. The quantitative estimate of drug-likeness (QED) is 0.120. The Labute approximate surface area is 339 Å². The first-order chi connectivity index (χ1) is 28.1. The van der Waals surface area contributed by atoms with Gasteiger partial charge in [-0.2, -0.15) is 4.31 Å². The van der Waals surface area contributed by atoms with Gasteiger partial charge in [-0.15, -0.1) is 0 Å². The summed E-state index contributed by atoms with van der Waals surface area (Å²) >= 11 is 0. The summed E-state index contributed by atoms with van der Waals surface area (Å²) in [6.07, 6.45) is 3.28. The lowest BCUT2D eigenvalue weighted by molar-refractivity contribution is -0.134. The van der Waals surface area contributed by atoms with E-state index < -0.39 is 22.2 Å². The minimum atomic E-state index is -3.17. The van der Waals surface area contributed by atoms with E-state index in [1.54, 1.807) is 15.4 Å². The molecule has 5 aromatic rings. The summed E-state index contributed by atoms with van der Waals surface area (Å²) < 4.78 is 31.2. The van der Waals surface area contributed by atoms with Crippen LogP contribution in [0, 0.1) is 0 Å². The van der Waals surface area contributed by atoms with Crippen LogP contribution in [-0.4, -0.2) is 96.0 Å². The number of imidazole rings is 1. The van der Waals surface area contributed by atoms with E-state index in [2.05, 4.69) is 25.5 Å². The van der Waals surface area contributed by atoms with Gasteiger partial charge in [-0.3, -0.25) is 14.5 Å². The van der Waals surface area contributed by atoms with E-state index in [9.17, 15) is 22.8 Å². The van der Waals surface area contributed by atoms with Gasteiger partial charge in [-0.25, -0.2) is 18.2 Å². The molecule has 0 saturated carbocycles. The molecule has 4 aromatic carbocycles. The van der Waals surface area contributed by atoms with Crippen LogP contribution < -0.4 is 10.6 Å². The third kappa shape index (κ3) is 9.47. The average molecular weight is 804 g/mol. The maximum Gasteiger partial charge on any atom is 0.407 e. The van der Waals surface area contributed by atoms with Crippen molar-refractivity contribution in [2.45, 2.75) is 44.8 Å². The van der Waals surface area contributed by atoms with E-state index in [1.165, 1.54) is 7.11 Å². The fourth-order valence-corrected chi connectivity index (χ4v) is 9.10. The van der Waals surface area contributed by atoms with Crippen LogP contribution in [-0.2, 0) is 26.1 Å². The molecule has 13 nitrogen and oxygen atoms in total. The number of sulfonamides is 1. The molecule has 1 aromatic heterocycles. The van der Waals surface area contributed by atoms with Gasteiger partial charge in [0.1, 0.15) is 11.9 Å². The summed E-state index contributed by atoms with van der Waals surface area (Å²) in [5.41, 5.74) is 6.74. The first-order valence-electron chi connectivity index (χ1n) is 19.7. The normalized spacial score (nSPS) is 16.8. The number of anilines is 1. The number of benzene rings is 4. The molecule has 2 aliphatic rings. The van der Waals surface area contributed by atoms with Crippen LogP contribution >= 0.6 is 0 Å². The number of hydrogen-bond donors (Lipinski definition) is 3. The minimum absolute atomic E-state index is 0.194. The maximum absolute atomic E-state index is 13.9. The molecule has 0 unspecified atom stereocenters. The van der Waals surface area contributed by atoms with Crippen LogP contribution in [0.15, 0.2) is 109 Å². The molecule has 2 atom stereocenters. The van der Waals surface area contributed by atoms with Gasteiger partial charge in [-0.1, -0.05) is 85.8 Å². The third-order valence-corrected chi connectivity index (χ3v) is 12.8. The molecule has 3 heterocycles. The van der Waals surface area contributed by atoms with Crippen molar-refractivity contribution in [3.8, 4) is 22.4 Å². The fraction of sp³-hybridized carbons (Fsp3) is 0.318. The number of carbonyl (C=O) groups is 3. The Morgan fingerprint density at radius 2 is 1.50 bits per heavy atom. The van der Waals surface area contributed by atoms with E-state index in [4.69, 9.17) is 4.74 Å². The Kier molecular flexibility index (Phi) is 12.7. The molecule has 0 spiro atoms. The minimum Gasteiger partial charge on any atom is -0.453 e. The summed E-state index contributed by atoms with van der Waals surface area (Å²) in [6, 6.07) is 31.3. The maximum atomic E-state index is 13.9. The van der Waals surface area contributed by atoms with Gasteiger partial charge in [-0.05, 0) is 71.3 Å². The highest BCUT2D eigenvalue weighted by Crippen LogP contribution is 2.34. The number of hydrogen-bond acceptors (Lipinski definition) is 8. The second-order valence-electron chi connectivity index (χ2n) is 14.6. The number of aromatic nitrogens is 2. The number of rotatable bonds is 13. The molecule has 2 saturated heterocycles. The molecular formula is C44H49N7O6S. The largest absolute Gasteiger partial charge is 0.453 e. The zero-order valence-electron chi connectivity index (χ0n) is 32.8. The Bertz CT molecular complexity index is 2290. The van der Waals surface area contributed by atoms with E-state index in [-0.39, 0.29) is 23.6 Å². The molecule has 14 heteroatoms. The third-order valence-electron chi connectivity index (χ3n) is 10.8. The monoisotopic (exact) mass is 803 g/mol. The Morgan fingerprint density at radius 1 is 0.845 bits per heavy atom. The predicted molar refractivity (Wildman–Crippen MR) is 223 cm³/mol. The SMILES string of the molecule is CCCS(=O)(=O)N1CCN(Cc2ccc(NC(=O)c3ccc(-c4ccc(-c5cnc([C@@H]6CCCN6C(=O)[C@H](NC(=O)OC)c6ccccc6)[nH]5)cc4)cc3)cc2)CC1. The fourth-order valence-electron chi connectivity index (χ4n) is 7.61. The zero-order valence-corrected chi connectivity index (χ0v) is 33.6. The van der Waals surface area contributed by atoms with Gasteiger partial charge >= 0.3 is 6.09 Å². The highest BCUT2D eigenvalue weighted by molar-refractivity contribution is 7.89. The number of carbonyl (C=O) groups excluding carboxylic acids is 3. The van der Waals surface area contributed by atoms with Gasteiger partial charge in [0.05, 0.1) is 30.8 Å². The molecule has 3 N–H and O–H groups in total. The number of ether oxygens (including phenoxy) is 1. The van der Waals surface area contributed by atoms with Crippen LogP contribution in [0.25, 0.3) is 22.4 Å². The van der Waals surface area contributed by atoms with Crippen LogP contribution in [0.5, 0.6) is 0 Å². The first-order valence-corrected chi connectivity index (χ1v) is 21.3. The molecule has 0 aliphatic carbocycles. The summed E-state index contributed by atoms with van der Waals surface area (Å²) in [6.45, 7) is 5.54. The van der Waals surface area contributed by atoms with Gasteiger partial charge in [0, 0.05) is 50.5 Å². The van der Waals surface area contributed by atoms with Crippen LogP contribution in [0.2, 0.25) is 0 Å². The second kappa shape index (κ2) is 18.2. The number of nitrogens with zero attached hydrogens (tertiary/aromatic N) is 4. The molecular weight excluding hydrogens is 755 g/mol. The van der Waals surface area contributed by atoms with Crippen molar-refractivity contribution in [2.24, 2.45) is 0 Å².